The molecule has 4 aromatic rings. The van der Waals surface area contributed by atoms with Gasteiger partial charge in [0.15, 0.2) is 6.29 Å². The molecule has 184 valence electrons. The summed E-state index contributed by atoms with van der Waals surface area (Å²) in [6.45, 7) is 0. The van der Waals surface area contributed by atoms with E-state index in [0.717, 1.165) is 18.4 Å². The fourth-order valence-corrected chi connectivity index (χ4v) is 8.31. The zero-order chi connectivity index (χ0) is 24.7. The summed E-state index contributed by atoms with van der Waals surface area (Å²) in [5, 5.41) is 13.8. The minimum atomic E-state index is -1.07. The molecule has 0 heterocycles. The molecule has 2 bridgehead atoms. The number of rotatable bonds is 5. The Hall–Kier alpha value is -3.47. The lowest BCUT2D eigenvalue weighted by molar-refractivity contribution is -0.186. The molecule has 4 nitrogen and oxygen atoms in total. The molecule has 0 radical (unpaired) electrons. The molecule has 4 aromatic carbocycles. The second-order valence-electron chi connectivity index (χ2n) is 11.2. The Bertz CT molecular complexity index is 1500. The van der Waals surface area contributed by atoms with Gasteiger partial charge in [0.1, 0.15) is 12.2 Å². The van der Waals surface area contributed by atoms with Gasteiger partial charge < -0.3 is 14.6 Å². The predicted octanol–water partition coefficient (Wildman–Crippen LogP) is 6.36. The first-order valence-corrected chi connectivity index (χ1v) is 13.3. The van der Waals surface area contributed by atoms with E-state index in [9.17, 15) is 9.90 Å². The minimum absolute atomic E-state index is 0.0910. The molecule has 8 rings (SSSR count). The zero-order valence-corrected chi connectivity index (χ0v) is 20.4. The van der Waals surface area contributed by atoms with Crippen molar-refractivity contribution in [2.24, 2.45) is 17.3 Å². The van der Waals surface area contributed by atoms with Crippen LogP contribution in [0.1, 0.15) is 58.0 Å². The molecule has 0 aliphatic heterocycles. The Kier molecular flexibility index (Phi) is 4.53. The minimum Gasteiger partial charge on any atom is -0.456 e. The number of hydrogen-bond donors (Lipinski definition) is 1. The summed E-state index contributed by atoms with van der Waals surface area (Å²) in [6, 6.07) is 32.0. The Labute approximate surface area is 215 Å². The summed E-state index contributed by atoms with van der Waals surface area (Å²) >= 11 is 0. The largest absolute Gasteiger partial charge is 0.456 e. The highest BCUT2D eigenvalue weighted by Gasteiger charge is 2.78. The Morgan fingerprint density at radius 3 is 1.97 bits per heavy atom. The molecule has 3 fully saturated rings. The van der Waals surface area contributed by atoms with E-state index < -0.39 is 12.4 Å². The predicted molar refractivity (Wildman–Crippen MR) is 140 cm³/mol. The van der Waals surface area contributed by atoms with E-state index in [1.54, 1.807) is 12.1 Å². The Balaban J connectivity index is 1.24. The van der Waals surface area contributed by atoms with Crippen LogP contribution in [0.5, 0.6) is 0 Å². The van der Waals surface area contributed by atoms with Gasteiger partial charge in [0.25, 0.3) is 0 Å². The SMILES string of the molecule is O=C(OC1C(OC(O)c2ccccc2)C2C3c4cccc5cccc(c45)C3C1C21CC1)c1ccccc1. The van der Waals surface area contributed by atoms with Crippen LogP contribution in [0.4, 0.5) is 0 Å². The number of fused-ring (bicyclic) bond motifs is 5. The van der Waals surface area contributed by atoms with Gasteiger partial charge in [0.2, 0.25) is 0 Å². The summed E-state index contributed by atoms with van der Waals surface area (Å²) in [5.41, 5.74) is 4.14. The molecule has 3 saturated carbocycles. The normalized spacial score (nSPS) is 30.4. The number of hydrogen-bond acceptors (Lipinski definition) is 4. The summed E-state index contributed by atoms with van der Waals surface area (Å²) in [4.78, 5) is 13.4. The number of ether oxygens (including phenoxy) is 2. The maximum atomic E-state index is 13.4. The van der Waals surface area contributed by atoms with Crippen molar-refractivity contribution in [3.05, 3.63) is 119 Å². The molecule has 37 heavy (non-hydrogen) atoms. The molecule has 4 aliphatic carbocycles. The molecule has 4 heteroatoms. The molecule has 0 aromatic heterocycles. The molecule has 0 saturated heterocycles. The van der Waals surface area contributed by atoms with E-state index in [1.807, 2.05) is 48.5 Å². The van der Waals surface area contributed by atoms with Crippen LogP contribution in [-0.4, -0.2) is 23.3 Å². The molecule has 7 atom stereocenters. The van der Waals surface area contributed by atoms with Crippen LogP contribution in [0.3, 0.4) is 0 Å². The summed E-state index contributed by atoms with van der Waals surface area (Å²) in [6.07, 6.45) is 0.380. The second kappa shape index (κ2) is 7.77. The van der Waals surface area contributed by atoms with Crippen molar-refractivity contribution in [3.8, 4) is 0 Å². The maximum absolute atomic E-state index is 13.4. The highest BCUT2D eigenvalue weighted by Crippen LogP contribution is 2.81. The van der Waals surface area contributed by atoms with Gasteiger partial charge in [-0.2, -0.15) is 0 Å². The molecule has 7 unspecified atom stereocenters. The van der Waals surface area contributed by atoms with E-state index in [2.05, 4.69) is 36.4 Å². The van der Waals surface area contributed by atoms with Gasteiger partial charge in [0.05, 0.1) is 5.56 Å². The quantitative estimate of drug-likeness (QED) is 0.262. The van der Waals surface area contributed by atoms with Crippen molar-refractivity contribution in [2.75, 3.05) is 0 Å². The maximum Gasteiger partial charge on any atom is 0.338 e. The molecular weight excluding hydrogens is 460 g/mol. The number of aliphatic hydroxyl groups is 1. The van der Waals surface area contributed by atoms with Gasteiger partial charge >= 0.3 is 5.97 Å². The average molecular weight is 489 g/mol. The number of benzene rings is 4. The standard InChI is InChI=1S/C33H28O4/c34-31(20-9-3-1-4-10-20)36-29-27-25-22-15-7-13-19-14-8-16-23(24(19)22)26(25)28(33(27)17-18-33)30(29)37-32(35)21-11-5-2-6-12-21/h1-16,25-31,34H,17-18H2. The monoisotopic (exact) mass is 488 g/mol. The van der Waals surface area contributed by atoms with Crippen LogP contribution in [0, 0.1) is 17.3 Å². The zero-order valence-electron chi connectivity index (χ0n) is 20.4. The highest BCUT2D eigenvalue weighted by atomic mass is 16.6. The summed E-state index contributed by atoms with van der Waals surface area (Å²) in [7, 11) is 0. The van der Waals surface area contributed by atoms with Crippen molar-refractivity contribution in [1.29, 1.82) is 0 Å². The molecule has 4 aliphatic rings. The van der Waals surface area contributed by atoms with Gasteiger partial charge in [-0.3, -0.25) is 0 Å². The third-order valence-electron chi connectivity index (χ3n) is 9.66. The van der Waals surface area contributed by atoms with E-state index in [1.165, 1.54) is 21.9 Å². The molecule has 0 amide bonds. The highest BCUT2D eigenvalue weighted by molar-refractivity contribution is 5.93. The van der Waals surface area contributed by atoms with Gasteiger partial charge in [-0.25, -0.2) is 4.79 Å². The van der Waals surface area contributed by atoms with Crippen LogP contribution in [0.2, 0.25) is 0 Å². The molecule has 1 spiro atoms. The summed E-state index contributed by atoms with van der Waals surface area (Å²) in [5.74, 6) is 0.653. The fourth-order valence-electron chi connectivity index (χ4n) is 8.31. The van der Waals surface area contributed by atoms with Gasteiger partial charge in [0, 0.05) is 17.4 Å². The summed E-state index contributed by atoms with van der Waals surface area (Å²) < 4.78 is 12.9. The van der Waals surface area contributed by atoms with E-state index in [-0.39, 0.29) is 29.3 Å². The average Bonchev–Trinajstić information content (AvgIpc) is 3.53. The topological polar surface area (TPSA) is 55.8 Å². The first-order valence-electron chi connectivity index (χ1n) is 13.3. The van der Waals surface area contributed by atoms with Crippen molar-refractivity contribution < 1.29 is 19.4 Å². The second-order valence-corrected chi connectivity index (χ2v) is 11.2. The number of esters is 1. The third kappa shape index (κ3) is 2.94. The van der Waals surface area contributed by atoms with E-state index in [0.29, 0.717) is 17.4 Å². The van der Waals surface area contributed by atoms with Gasteiger partial charge in [-0.15, -0.1) is 0 Å². The van der Waals surface area contributed by atoms with Crippen LogP contribution < -0.4 is 0 Å². The number of aliphatic hydroxyl groups excluding tert-OH is 1. The lowest BCUT2D eigenvalue weighted by atomic mass is 9.75. The lowest BCUT2D eigenvalue weighted by Crippen LogP contribution is -2.44. The smallest absolute Gasteiger partial charge is 0.338 e. The molecular formula is C33H28O4. The van der Waals surface area contributed by atoms with E-state index >= 15 is 0 Å². The number of carbonyl (C=O) groups is 1. The third-order valence-corrected chi connectivity index (χ3v) is 9.66. The Morgan fingerprint density at radius 1 is 0.757 bits per heavy atom. The van der Waals surface area contributed by atoms with Gasteiger partial charge in [-0.1, -0.05) is 84.9 Å². The van der Waals surface area contributed by atoms with Crippen LogP contribution >= 0.6 is 0 Å². The van der Waals surface area contributed by atoms with Crippen molar-refractivity contribution in [3.63, 3.8) is 0 Å². The van der Waals surface area contributed by atoms with Crippen molar-refractivity contribution in [1.82, 2.24) is 0 Å². The lowest BCUT2D eigenvalue weighted by Gasteiger charge is -2.39. The van der Waals surface area contributed by atoms with Crippen LogP contribution in [-0.2, 0) is 9.47 Å². The van der Waals surface area contributed by atoms with Crippen molar-refractivity contribution in [2.45, 2.75) is 43.2 Å². The van der Waals surface area contributed by atoms with Gasteiger partial charge in [-0.05, 0) is 64.1 Å². The first kappa shape index (κ1) is 21.6. The van der Waals surface area contributed by atoms with Crippen molar-refractivity contribution >= 4 is 16.7 Å². The Morgan fingerprint density at radius 2 is 1.35 bits per heavy atom. The van der Waals surface area contributed by atoms with E-state index in [4.69, 9.17) is 9.47 Å². The van der Waals surface area contributed by atoms with Crippen LogP contribution in [0.15, 0.2) is 97.1 Å². The fraction of sp³-hybridized carbons (Fsp3) is 0.303. The first-order chi connectivity index (χ1) is 18.2. The molecule has 1 N–H and O–H groups in total. The number of carbonyl (C=O) groups excluding carboxylic acids is 1. The van der Waals surface area contributed by atoms with Crippen LogP contribution in [0.25, 0.3) is 10.8 Å².